The molecular formula is C23H19BrF6N4O. The summed E-state index contributed by atoms with van der Waals surface area (Å²) in [6.07, 6.45) is -0.734. The van der Waals surface area contributed by atoms with Crippen LogP contribution in [0.5, 0.6) is 0 Å². The van der Waals surface area contributed by atoms with E-state index in [-0.39, 0.29) is 17.7 Å². The second kappa shape index (κ2) is 9.29. The van der Waals surface area contributed by atoms with Gasteiger partial charge in [-0.1, -0.05) is 0 Å². The quantitative estimate of drug-likeness (QED) is 0.393. The number of carbonyl (C=O) groups is 1. The van der Waals surface area contributed by atoms with Gasteiger partial charge in [0.05, 0.1) is 23.0 Å². The van der Waals surface area contributed by atoms with E-state index in [4.69, 9.17) is 0 Å². The maximum atomic E-state index is 14.6. The van der Waals surface area contributed by atoms with Crippen molar-refractivity contribution in [1.82, 2.24) is 20.1 Å². The molecule has 0 spiro atoms. The van der Waals surface area contributed by atoms with Crippen molar-refractivity contribution < 1.29 is 31.1 Å². The molecule has 12 heteroatoms. The zero-order chi connectivity index (χ0) is 25.5. The number of benzene rings is 1. The van der Waals surface area contributed by atoms with Crippen LogP contribution in [-0.2, 0) is 29.6 Å². The molecule has 1 aliphatic carbocycles. The number of carbonyl (C=O) groups excluding carboxylic acids is 1. The van der Waals surface area contributed by atoms with E-state index in [1.54, 1.807) is 12.1 Å². The molecule has 0 saturated carbocycles. The van der Waals surface area contributed by atoms with E-state index in [1.807, 2.05) is 0 Å². The molecule has 2 heterocycles. The molecule has 5 nitrogen and oxygen atoms in total. The summed E-state index contributed by atoms with van der Waals surface area (Å²) in [6.45, 7) is 0.426. The summed E-state index contributed by atoms with van der Waals surface area (Å²) >= 11 is 3.31. The number of fused-ring (bicyclic) bond motifs is 1. The molecule has 0 radical (unpaired) electrons. The molecule has 1 atom stereocenters. The zero-order valence-corrected chi connectivity index (χ0v) is 19.9. The maximum absolute atomic E-state index is 14.6. The third-order valence-corrected chi connectivity index (χ3v) is 6.37. The molecule has 0 aliphatic heterocycles. The van der Waals surface area contributed by atoms with Crippen molar-refractivity contribution in [3.8, 4) is 0 Å². The topological polar surface area (TPSA) is 59.8 Å². The zero-order valence-electron chi connectivity index (χ0n) is 18.3. The third kappa shape index (κ3) is 5.21. The Kier molecular flexibility index (Phi) is 6.69. The van der Waals surface area contributed by atoms with E-state index in [1.165, 1.54) is 13.1 Å². The van der Waals surface area contributed by atoms with Crippen molar-refractivity contribution in [1.29, 1.82) is 0 Å². The van der Waals surface area contributed by atoms with Crippen molar-refractivity contribution in [2.45, 2.75) is 50.6 Å². The van der Waals surface area contributed by atoms with Gasteiger partial charge in [-0.2, -0.15) is 13.9 Å². The molecule has 186 valence electrons. The number of aromatic nitrogens is 3. The number of pyridine rings is 1. The van der Waals surface area contributed by atoms with Crippen molar-refractivity contribution in [2.24, 2.45) is 0 Å². The number of nitrogens with zero attached hydrogens (tertiary/aromatic N) is 3. The highest BCUT2D eigenvalue weighted by atomic mass is 79.9. The molecule has 1 amide bonds. The van der Waals surface area contributed by atoms with Gasteiger partial charge >= 0.3 is 0 Å². The summed E-state index contributed by atoms with van der Waals surface area (Å²) in [5.41, 5.74) is -1.59. The smallest absolute Gasteiger partial charge is 0.290 e. The van der Waals surface area contributed by atoms with Gasteiger partial charge in [0.2, 0.25) is 5.91 Å². The highest BCUT2D eigenvalue weighted by Gasteiger charge is 2.53. The van der Waals surface area contributed by atoms with Gasteiger partial charge in [0.15, 0.2) is 0 Å². The lowest BCUT2D eigenvalue weighted by atomic mass is 9.89. The van der Waals surface area contributed by atoms with Crippen molar-refractivity contribution in [3.63, 3.8) is 0 Å². The van der Waals surface area contributed by atoms with E-state index in [2.05, 4.69) is 31.3 Å². The third-order valence-electron chi connectivity index (χ3n) is 5.70. The average Bonchev–Trinajstić information content (AvgIpc) is 3.08. The first kappa shape index (κ1) is 25.2. The van der Waals surface area contributed by atoms with Gasteiger partial charge < -0.3 is 5.32 Å². The first-order valence-electron chi connectivity index (χ1n) is 10.6. The van der Waals surface area contributed by atoms with E-state index >= 15 is 0 Å². The highest BCUT2D eigenvalue weighted by Crippen LogP contribution is 2.50. The lowest BCUT2D eigenvalue weighted by molar-refractivity contribution is -0.123. The standard InChI is InChI=1S/C23H19BrF6N4O/c1-12-19-21(23(29,30)5-4-22(19,27)28)34(33-12)11-18(35)32-17(20-16(24)3-2-6-31-20)9-13-7-14(25)10-15(26)8-13/h2-3,6-8,10,17H,4-5,9,11H2,1H3,(H,32,35)/t17-/m0/s1. The summed E-state index contributed by atoms with van der Waals surface area (Å²) < 4.78 is 86.4. The van der Waals surface area contributed by atoms with Gasteiger partial charge in [0, 0.05) is 29.6 Å². The number of hydrogen-bond donors (Lipinski definition) is 1. The molecule has 4 rings (SSSR count). The molecule has 3 aromatic rings. The molecule has 0 fully saturated rings. The number of nitrogens with one attached hydrogen (secondary N) is 1. The minimum Gasteiger partial charge on any atom is -0.346 e. The second-order valence-corrected chi connectivity index (χ2v) is 9.20. The molecule has 1 aromatic carbocycles. The Morgan fingerprint density at radius 2 is 1.80 bits per heavy atom. The SMILES string of the molecule is Cc1nn(CC(=O)N[C@@H](Cc2cc(F)cc(F)c2)c2ncccc2Br)c2c1C(F)(F)CCC2(F)F. The number of alkyl halides is 4. The van der Waals surface area contributed by atoms with Crippen LogP contribution in [0.2, 0.25) is 0 Å². The van der Waals surface area contributed by atoms with Gasteiger partial charge in [-0.3, -0.25) is 14.5 Å². The first-order chi connectivity index (χ1) is 16.4. The Hall–Kier alpha value is -2.89. The van der Waals surface area contributed by atoms with Crippen molar-refractivity contribution in [2.75, 3.05) is 0 Å². The summed E-state index contributed by atoms with van der Waals surface area (Å²) in [4.78, 5) is 17.1. The molecule has 0 bridgehead atoms. The summed E-state index contributed by atoms with van der Waals surface area (Å²) in [5.74, 6) is -9.52. The van der Waals surface area contributed by atoms with Crippen LogP contribution in [-0.4, -0.2) is 20.7 Å². The summed E-state index contributed by atoms with van der Waals surface area (Å²) in [6, 6.07) is 5.23. The van der Waals surface area contributed by atoms with E-state index in [0.717, 1.165) is 12.1 Å². The minimum absolute atomic E-state index is 0.0828. The predicted molar refractivity (Wildman–Crippen MR) is 117 cm³/mol. The Balaban J connectivity index is 1.64. The number of hydrogen-bond acceptors (Lipinski definition) is 3. The number of aryl methyl sites for hydroxylation is 1. The van der Waals surface area contributed by atoms with Gasteiger partial charge in [0.1, 0.15) is 23.9 Å². The van der Waals surface area contributed by atoms with Crippen LogP contribution in [0.25, 0.3) is 0 Å². The van der Waals surface area contributed by atoms with Gasteiger partial charge in [-0.05, 0) is 59.1 Å². The Morgan fingerprint density at radius 3 is 2.46 bits per heavy atom. The molecular weight excluding hydrogens is 542 g/mol. The molecule has 0 unspecified atom stereocenters. The molecule has 35 heavy (non-hydrogen) atoms. The molecule has 0 saturated heterocycles. The lowest BCUT2D eigenvalue weighted by Gasteiger charge is -2.29. The number of amides is 1. The van der Waals surface area contributed by atoms with Crippen LogP contribution in [0.1, 0.15) is 47.1 Å². The summed E-state index contributed by atoms with van der Waals surface area (Å²) in [7, 11) is 0. The van der Waals surface area contributed by atoms with Crippen LogP contribution in [0.15, 0.2) is 41.0 Å². The van der Waals surface area contributed by atoms with Gasteiger partial charge in [0.25, 0.3) is 11.8 Å². The lowest BCUT2D eigenvalue weighted by Crippen LogP contribution is -2.37. The Bertz CT molecular complexity index is 1260. The fourth-order valence-electron chi connectivity index (χ4n) is 4.27. The van der Waals surface area contributed by atoms with Crippen LogP contribution in [0.4, 0.5) is 26.3 Å². The fraction of sp³-hybridized carbons (Fsp3) is 0.348. The van der Waals surface area contributed by atoms with Gasteiger partial charge in [-0.15, -0.1) is 0 Å². The Morgan fingerprint density at radius 1 is 1.14 bits per heavy atom. The Labute approximate surface area is 204 Å². The second-order valence-electron chi connectivity index (χ2n) is 8.35. The highest BCUT2D eigenvalue weighted by molar-refractivity contribution is 9.10. The average molecular weight is 561 g/mol. The van der Waals surface area contributed by atoms with Crippen LogP contribution < -0.4 is 5.32 Å². The van der Waals surface area contributed by atoms with Gasteiger partial charge in [-0.25, -0.2) is 17.6 Å². The van der Waals surface area contributed by atoms with Crippen LogP contribution in [0, 0.1) is 18.6 Å². The molecule has 1 aliphatic rings. The fourth-order valence-corrected chi connectivity index (χ4v) is 4.81. The number of rotatable bonds is 6. The minimum atomic E-state index is -3.58. The predicted octanol–water partition coefficient (Wildman–Crippen LogP) is 5.70. The van der Waals surface area contributed by atoms with Crippen LogP contribution in [0.3, 0.4) is 0 Å². The first-order valence-corrected chi connectivity index (χ1v) is 11.4. The van der Waals surface area contributed by atoms with Crippen molar-refractivity contribution in [3.05, 3.63) is 80.8 Å². The summed E-state index contributed by atoms with van der Waals surface area (Å²) in [5, 5.41) is 6.40. The maximum Gasteiger partial charge on any atom is 0.290 e. The molecule has 2 aromatic heterocycles. The normalized spacial score (nSPS) is 17.0. The van der Waals surface area contributed by atoms with Crippen molar-refractivity contribution >= 4 is 21.8 Å². The van der Waals surface area contributed by atoms with E-state index in [9.17, 15) is 31.1 Å². The monoisotopic (exact) mass is 560 g/mol. The molecule has 1 N–H and O–H groups in total. The van der Waals surface area contributed by atoms with Crippen LogP contribution >= 0.6 is 15.9 Å². The van der Waals surface area contributed by atoms with E-state index < -0.39 is 66.1 Å². The number of halogens is 7. The van der Waals surface area contributed by atoms with E-state index in [0.29, 0.717) is 20.9 Å². The largest absolute Gasteiger partial charge is 0.346 e.